The lowest BCUT2D eigenvalue weighted by Crippen LogP contribution is -2.26. The first-order valence-electron chi connectivity index (χ1n) is 14.6. The normalized spacial score (nSPS) is 12.9. The van der Waals surface area contributed by atoms with Gasteiger partial charge in [-0.15, -0.1) is 11.3 Å². The number of Topliss-reactive ketones (excluding diaryl/α,β-unsaturated/α-hetero) is 1. The SMILES string of the molecule is C/C=C(\C=C(\Nc1ccc(C(=O)N(C)CC)cn1)C(C)=O)c1cccc(NC(=O)c2cc3c(s2)CCCC3)c1C.CC. The highest BCUT2D eigenvalue weighted by molar-refractivity contribution is 7.14. The first-order chi connectivity index (χ1) is 20.2. The van der Waals surface area contributed by atoms with E-state index >= 15 is 0 Å². The van der Waals surface area contributed by atoms with E-state index in [4.69, 9.17) is 0 Å². The topological polar surface area (TPSA) is 91.4 Å². The Bertz CT molecular complexity index is 1460. The van der Waals surface area contributed by atoms with E-state index in [-0.39, 0.29) is 17.6 Å². The minimum atomic E-state index is -0.157. The van der Waals surface area contributed by atoms with Gasteiger partial charge in [-0.25, -0.2) is 4.98 Å². The summed E-state index contributed by atoms with van der Waals surface area (Å²) in [7, 11) is 1.74. The van der Waals surface area contributed by atoms with Gasteiger partial charge in [0.05, 0.1) is 16.1 Å². The van der Waals surface area contributed by atoms with E-state index < -0.39 is 0 Å². The fourth-order valence-corrected chi connectivity index (χ4v) is 5.81. The van der Waals surface area contributed by atoms with Crippen LogP contribution < -0.4 is 10.6 Å². The molecule has 2 aromatic heterocycles. The molecule has 2 N–H and O–H groups in total. The largest absolute Gasteiger partial charge is 0.342 e. The number of aromatic nitrogens is 1. The molecule has 1 aliphatic rings. The van der Waals surface area contributed by atoms with Crippen LogP contribution in [0.5, 0.6) is 0 Å². The van der Waals surface area contributed by atoms with Crippen LogP contribution in [-0.4, -0.2) is 41.1 Å². The summed E-state index contributed by atoms with van der Waals surface area (Å²) >= 11 is 1.60. The van der Waals surface area contributed by atoms with Crippen molar-refractivity contribution >= 4 is 46.0 Å². The molecule has 1 aliphatic carbocycles. The highest BCUT2D eigenvalue weighted by Crippen LogP contribution is 2.32. The third-order valence-corrected chi connectivity index (χ3v) is 8.43. The monoisotopic (exact) mass is 586 g/mol. The van der Waals surface area contributed by atoms with Crippen LogP contribution in [0.15, 0.2) is 60.4 Å². The second-order valence-electron chi connectivity index (χ2n) is 9.93. The molecular weight excluding hydrogens is 544 g/mol. The molecule has 0 saturated heterocycles. The molecule has 42 heavy (non-hydrogen) atoms. The molecule has 4 rings (SSSR count). The summed E-state index contributed by atoms with van der Waals surface area (Å²) in [6, 6.07) is 11.2. The fraction of sp³-hybridized carbons (Fsp3) is 0.353. The van der Waals surface area contributed by atoms with E-state index in [2.05, 4.69) is 15.6 Å². The van der Waals surface area contributed by atoms with Gasteiger partial charge in [0.1, 0.15) is 5.82 Å². The molecule has 8 heteroatoms. The number of fused-ring (bicyclic) bond motifs is 1. The number of hydrogen-bond acceptors (Lipinski definition) is 6. The zero-order valence-corrected chi connectivity index (χ0v) is 26.6. The quantitative estimate of drug-likeness (QED) is 0.198. The fourth-order valence-electron chi connectivity index (χ4n) is 4.66. The number of carbonyl (C=O) groups excluding carboxylic acids is 3. The van der Waals surface area contributed by atoms with Gasteiger partial charge in [0.25, 0.3) is 11.8 Å². The molecule has 0 radical (unpaired) electrons. The van der Waals surface area contributed by atoms with Gasteiger partial charge in [-0.1, -0.05) is 32.1 Å². The molecule has 7 nitrogen and oxygen atoms in total. The molecule has 0 spiro atoms. The summed E-state index contributed by atoms with van der Waals surface area (Å²) < 4.78 is 0. The lowest BCUT2D eigenvalue weighted by molar-refractivity contribution is -0.113. The average molecular weight is 587 g/mol. The van der Waals surface area contributed by atoms with Gasteiger partial charge in [-0.2, -0.15) is 0 Å². The van der Waals surface area contributed by atoms with E-state index in [1.807, 2.05) is 65.0 Å². The molecule has 0 fully saturated rings. The maximum absolute atomic E-state index is 13.1. The third kappa shape index (κ3) is 7.82. The highest BCUT2D eigenvalue weighted by Gasteiger charge is 2.19. The summed E-state index contributed by atoms with van der Waals surface area (Å²) in [4.78, 5) is 46.1. The molecule has 0 bridgehead atoms. The zero-order chi connectivity index (χ0) is 30.8. The molecule has 0 aliphatic heterocycles. The van der Waals surface area contributed by atoms with Crippen molar-refractivity contribution in [1.29, 1.82) is 0 Å². The lowest BCUT2D eigenvalue weighted by atomic mass is 9.97. The Morgan fingerprint density at radius 1 is 1.07 bits per heavy atom. The Balaban J connectivity index is 0.00000237. The number of hydrogen-bond donors (Lipinski definition) is 2. The van der Waals surface area contributed by atoms with Gasteiger partial charge in [-0.3, -0.25) is 14.4 Å². The minimum absolute atomic E-state index is 0.0959. The van der Waals surface area contributed by atoms with Crippen LogP contribution in [0.4, 0.5) is 11.5 Å². The lowest BCUT2D eigenvalue weighted by Gasteiger charge is -2.15. The number of amides is 2. The summed E-state index contributed by atoms with van der Waals surface area (Å²) in [6.07, 6.45) is 9.69. The number of thiophene rings is 1. The van der Waals surface area contributed by atoms with Gasteiger partial charge in [-0.05, 0) is 99.1 Å². The molecule has 0 saturated carbocycles. The number of aryl methyl sites for hydroxylation is 2. The van der Waals surface area contributed by atoms with Crippen molar-refractivity contribution in [1.82, 2.24) is 9.88 Å². The number of allylic oxidation sites excluding steroid dienone is 4. The Hall–Kier alpha value is -4.04. The maximum atomic E-state index is 13.1. The Kier molecular flexibility index (Phi) is 11.8. The van der Waals surface area contributed by atoms with Gasteiger partial charge >= 0.3 is 0 Å². The van der Waals surface area contributed by atoms with Crippen molar-refractivity contribution in [2.45, 2.75) is 67.2 Å². The summed E-state index contributed by atoms with van der Waals surface area (Å²) in [5.41, 5.74) is 5.53. The Morgan fingerprint density at radius 2 is 1.81 bits per heavy atom. The number of pyridine rings is 1. The molecule has 2 amide bonds. The van der Waals surface area contributed by atoms with Gasteiger partial charge < -0.3 is 15.5 Å². The van der Waals surface area contributed by atoms with Gasteiger partial charge in [0.2, 0.25) is 0 Å². The van der Waals surface area contributed by atoms with E-state index in [9.17, 15) is 14.4 Å². The minimum Gasteiger partial charge on any atom is -0.342 e. The van der Waals surface area contributed by atoms with Crippen LogP contribution in [0.1, 0.15) is 89.1 Å². The third-order valence-electron chi connectivity index (χ3n) is 7.20. The van der Waals surface area contributed by atoms with Crippen LogP contribution >= 0.6 is 11.3 Å². The second-order valence-corrected chi connectivity index (χ2v) is 11.1. The van der Waals surface area contributed by atoms with E-state index in [0.29, 0.717) is 23.6 Å². The number of nitrogens with one attached hydrogen (secondary N) is 2. The predicted molar refractivity (Wildman–Crippen MR) is 174 cm³/mol. The van der Waals surface area contributed by atoms with E-state index in [1.54, 1.807) is 41.5 Å². The van der Waals surface area contributed by atoms with Crippen LogP contribution in [0, 0.1) is 6.92 Å². The molecule has 0 unspecified atom stereocenters. The summed E-state index contributed by atoms with van der Waals surface area (Å²) in [5, 5.41) is 6.20. The zero-order valence-electron chi connectivity index (χ0n) is 25.8. The van der Waals surface area contributed by atoms with Crippen molar-refractivity contribution in [3.63, 3.8) is 0 Å². The maximum Gasteiger partial charge on any atom is 0.265 e. The molecule has 222 valence electrons. The molecular formula is C34H42N4O3S. The van der Waals surface area contributed by atoms with Crippen molar-refractivity contribution < 1.29 is 14.4 Å². The number of nitrogens with zero attached hydrogens (tertiary/aromatic N) is 2. The van der Waals surface area contributed by atoms with Gasteiger partial charge in [0, 0.05) is 37.3 Å². The van der Waals surface area contributed by atoms with Crippen molar-refractivity contribution in [3.05, 3.63) is 92.5 Å². The highest BCUT2D eigenvalue weighted by atomic mass is 32.1. The standard InChI is InChI=1S/C32H36N4O3S.C2H6/c1-6-22(17-27(21(4)37)34-30-16-15-24(19-33-30)32(39)36(5)7-2)25-12-10-13-26(20(25)3)35-31(38)29-18-23-11-8-9-14-28(23)40-29;1-2/h6,10,12-13,15-19H,7-9,11,14H2,1-5H3,(H,33,34)(H,35,38);1-2H3/b22-6+,27-17+;. The smallest absolute Gasteiger partial charge is 0.265 e. The van der Waals surface area contributed by atoms with E-state index in [1.165, 1.54) is 36.4 Å². The average Bonchev–Trinajstić information content (AvgIpc) is 3.46. The second kappa shape index (κ2) is 15.3. The van der Waals surface area contributed by atoms with Crippen LogP contribution in [0.2, 0.25) is 0 Å². The summed E-state index contributed by atoms with van der Waals surface area (Å²) in [5.74, 6) is 0.0995. The number of carbonyl (C=O) groups is 3. The number of benzene rings is 1. The van der Waals surface area contributed by atoms with Crippen molar-refractivity contribution in [2.75, 3.05) is 24.2 Å². The predicted octanol–water partition coefficient (Wildman–Crippen LogP) is 7.69. The Labute approximate surface area is 253 Å². The molecule has 0 atom stereocenters. The van der Waals surface area contributed by atoms with Crippen LogP contribution in [0.3, 0.4) is 0 Å². The van der Waals surface area contributed by atoms with Crippen LogP contribution in [0.25, 0.3) is 5.57 Å². The molecule has 3 aromatic rings. The Morgan fingerprint density at radius 3 is 2.43 bits per heavy atom. The van der Waals surface area contributed by atoms with Gasteiger partial charge in [0.15, 0.2) is 5.78 Å². The number of ketones is 1. The van der Waals surface area contributed by atoms with Crippen molar-refractivity contribution in [3.8, 4) is 0 Å². The number of rotatable bonds is 9. The van der Waals surface area contributed by atoms with Crippen molar-refractivity contribution in [2.24, 2.45) is 0 Å². The number of anilines is 2. The summed E-state index contributed by atoms with van der Waals surface area (Å²) in [6.45, 7) is 11.9. The first kappa shape index (κ1) is 32.5. The molecule has 1 aromatic carbocycles. The first-order valence-corrected chi connectivity index (χ1v) is 15.4. The van der Waals surface area contributed by atoms with Crippen LogP contribution in [-0.2, 0) is 17.6 Å². The van der Waals surface area contributed by atoms with E-state index in [0.717, 1.165) is 40.1 Å². The molecule has 2 heterocycles.